The summed E-state index contributed by atoms with van der Waals surface area (Å²) in [4.78, 5) is 36.8. The lowest BCUT2D eigenvalue weighted by Gasteiger charge is -2.22. The van der Waals surface area contributed by atoms with E-state index in [2.05, 4.69) is 15.3 Å². The molecule has 9 heteroatoms. The Kier molecular flexibility index (Phi) is 4.81. The lowest BCUT2D eigenvalue weighted by atomic mass is 10.0. The zero-order valence-corrected chi connectivity index (χ0v) is 16.4. The fourth-order valence-corrected chi connectivity index (χ4v) is 3.87. The van der Waals surface area contributed by atoms with Crippen molar-refractivity contribution in [2.75, 3.05) is 25.5 Å². The summed E-state index contributed by atoms with van der Waals surface area (Å²) >= 11 is 0. The van der Waals surface area contributed by atoms with Crippen molar-refractivity contribution >= 4 is 17.6 Å². The van der Waals surface area contributed by atoms with Crippen LogP contribution in [0.2, 0.25) is 0 Å². The Bertz CT molecular complexity index is 969. The number of hydrogen-bond donors (Lipinski definition) is 1. The number of amides is 3. The Balaban J connectivity index is 1.46. The monoisotopic (exact) mass is 399 g/mol. The average Bonchev–Trinajstić information content (AvgIpc) is 3.20. The van der Waals surface area contributed by atoms with Gasteiger partial charge in [-0.25, -0.2) is 14.2 Å². The van der Waals surface area contributed by atoms with E-state index in [1.165, 1.54) is 6.07 Å². The number of rotatable bonds is 3. The fraction of sp³-hybridized carbons (Fsp3) is 0.400. The SMILES string of the molecule is Cc1nccc(O[C@@H]2C(=O)N(C)[C@@H]3CN(C(=O)Nc4ccc(C)c(F)c4)C[C@H]23)n1. The predicted molar refractivity (Wildman–Crippen MR) is 103 cm³/mol. The van der Waals surface area contributed by atoms with E-state index in [-0.39, 0.29) is 29.7 Å². The van der Waals surface area contributed by atoms with Crippen LogP contribution < -0.4 is 10.1 Å². The molecule has 2 aliphatic rings. The van der Waals surface area contributed by atoms with Crippen molar-refractivity contribution in [1.82, 2.24) is 19.8 Å². The van der Waals surface area contributed by atoms with Crippen LogP contribution in [-0.2, 0) is 4.79 Å². The third-order valence-electron chi connectivity index (χ3n) is 5.52. The molecule has 0 bridgehead atoms. The number of benzene rings is 1. The molecule has 0 radical (unpaired) electrons. The first-order valence-electron chi connectivity index (χ1n) is 9.38. The van der Waals surface area contributed by atoms with Gasteiger partial charge in [-0.15, -0.1) is 0 Å². The molecule has 0 aliphatic carbocycles. The number of likely N-dealkylation sites (tertiary alicyclic amines) is 2. The highest BCUT2D eigenvalue weighted by molar-refractivity contribution is 5.90. The van der Waals surface area contributed by atoms with E-state index in [1.54, 1.807) is 55.1 Å². The van der Waals surface area contributed by atoms with Gasteiger partial charge < -0.3 is 19.9 Å². The second kappa shape index (κ2) is 7.31. The molecule has 3 heterocycles. The highest BCUT2D eigenvalue weighted by Crippen LogP contribution is 2.34. The lowest BCUT2D eigenvalue weighted by Crippen LogP contribution is -2.41. The Morgan fingerprint density at radius 2 is 2.07 bits per heavy atom. The Labute approximate surface area is 167 Å². The summed E-state index contributed by atoms with van der Waals surface area (Å²) in [5.74, 6) is 0.207. The molecule has 2 aliphatic heterocycles. The molecule has 8 nitrogen and oxygen atoms in total. The number of hydrogen-bond acceptors (Lipinski definition) is 5. The molecule has 2 aromatic rings. The molecule has 3 amide bonds. The first kappa shape index (κ1) is 19.1. The number of halogens is 1. The predicted octanol–water partition coefficient (Wildman–Crippen LogP) is 1.98. The molecular formula is C20H22FN5O3. The van der Waals surface area contributed by atoms with Gasteiger partial charge in [0.25, 0.3) is 5.91 Å². The normalized spacial score (nSPS) is 23.3. The number of nitrogens with one attached hydrogen (secondary N) is 1. The maximum atomic E-state index is 13.7. The van der Waals surface area contributed by atoms with E-state index in [4.69, 9.17) is 4.74 Å². The highest BCUT2D eigenvalue weighted by atomic mass is 19.1. The van der Waals surface area contributed by atoms with Crippen molar-refractivity contribution in [2.45, 2.75) is 26.0 Å². The molecule has 0 saturated carbocycles. The van der Waals surface area contributed by atoms with Crippen molar-refractivity contribution in [3.63, 3.8) is 0 Å². The molecule has 1 aromatic carbocycles. The van der Waals surface area contributed by atoms with Crippen LogP contribution in [0.4, 0.5) is 14.9 Å². The van der Waals surface area contributed by atoms with Gasteiger partial charge in [-0.1, -0.05) is 6.07 Å². The molecule has 0 spiro atoms. The van der Waals surface area contributed by atoms with E-state index >= 15 is 0 Å². The summed E-state index contributed by atoms with van der Waals surface area (Å²) in [5.41, 5.74) is 0.905. The molecular weight excluding hydrogens is 377 g/mol. The van der Waals surface area contributed by atoms with Crippen LogP contribution in [-0.4, -0.2) is 64.0 Å². The molecule has 152 valence electrons. The number of urea groups is 1. The molecule has 29 heavy (non-hydrogen) atoms. The second-order valence-corrected chi connectivity index (χ2v) is 7.46. The van der Waals surface area contributed by atoms with Gasteiger partial charge in [-0.2, -0.15) is 4.98 Å². The second-order valence-electron chi connectivity index (χ2n) is 7.46. The number of aromatic nitrogens is 2. The van der Waals surface area contributed by atoms with E-state index in [0.29, 0.717) is 36.0 Å². The van der Waals surface area contributed by atoms with Gasteiger partial charge in [-0.3, -0.25) is 4.79 Å². The minimum Gasteiger partial charge on any atom is -0.464 e. The molecule has 4 rings (SSSR count). The maximum absolute atomic E-state index is 13.7. The van der Waals surface area contributed by atoms with Gasteiger partial charge in [0.1, 0.15) is 11.6 Å². The number of carbonyl (C=O) groups excluding carboxylic acids is 2. The van der Waals surface area contributed by atoms with Crippen molar-refractivity contribution < 1.29 is 18.7 Å². The van der Waals surface area contributed by atoms with E-state index in [9.17, 15) is 14.0 Å². The van der Waals surface area contributed by atoms with Crippen molar-refractivity contribution in [3.05, 3.63) is 47.7 Å². The molecule has 1 aromatic heterocycles. The molecule has 2 fully saturated rings. The first-order chi connectivity index (χ1) is 13.8. The zero-order valence-electron chi connectivity index (χ0n) is 16.4. The van der Waals surface area contributed by atoms with Gasteiger partial charge in [-0.05, 0) is 31.5 Å². The Morgan fingerprint density at radius 3 is 2.79 bits per heavy atom. The first-order valence-corrected chi connectivity index (χ1v) is 9.38. The largest absolute Gasteiger partial charge is 0.464 e. The highest BCUT2D eigenvalue weighted by Gasteiger charge is 2.53. The summed E-state index contributed by atoms with van der Waals surface area (Å²) in [7, 11) is 1.71. The van der Waals surface area contributed by atoms with Crippen molar-refractivity contribution in [2.24, 2.45) is 5.92 Å². The Morgan fingerprint density at radius 1 is 1.28 bits per heavy atom. The summed E-state index contributed by atoms with van der Waals surface area (Å²) in [6, 6.07) is 5.70. The number of fused-ring (bicyclic) bond motifs is 1. The van der Waals surface area contributed by atoms with Crippen LogP contribution in [0, 0.1) is 25.6 Å². The molecule has 2 saturated heterocycles. The quantitative estimate of drug-likeness (QED) is 0.853. The summed E-state index contributed by atoms with van der Waals surface area (Å²) < 4.78 is 19.6. The van der Waals surface area contributed by atoms with E-state index < -0.39 is 6.10 Å². The van der Waals surface area contributed by atoms with Gasteiger partial charge in [0, 0.05) is 44.0 Å². The molecule has 3 atom stereocenters. The summed E-state index contributed by atoms with van der Waals surface area (Å²) in [6.45, 7) is 4.15. The van der Waals surface area contributed by atoms with Crippen LogP contribution in [0.5, 0.6) is 5.88 Å². The van der Waals surface area contributed by atoms with Crippen LogP contribution in [0.1, 0.15) is 11.4 Å². The average molecular weight is 399 g/mol. The fourth-order valence-electron chi connectivity index (χ4n) is 3.87. The number of ether oxygens (including phenoxy) is 1. The minimum atomic E-state index is -0.714. The van der Waals surface area contributed by atoms with Gasteiger partial charge in [0.05, 0.1) is 6.04 Å². The number of nitrogens with zero attached hydrogens (tertiary/aromatic N) is 4. The van der Waals surface area contributed by atoms with E-state index in [0.717, 1.165) is 0 Å². The third-order valence-corrected chi connectivity index (χ3v) is 5.52. The smallest absolute Gasteiger partial charge is 0.321 e. The van der Waals surface area contributed by atoms with Crippen molar-refractivity contribution in [3.8, 4) is 5.88 Å². The summed E-state index contributed by atoms with van der Waals surface area (Å²) in [5, 5.41) is 2.72. The number of carbonyl (C=O) groups is 2. The number of anilines is 1. The van der Waals surface area contributed by atoms with Gasteiger partial charge in [0.2, 0.25) is 5.88 Å². The van der Waals surface area contributed by atoms with E-state index in [1.807, 2.05) is 0 Å². The van der Waals surface area contributed by atoms with Crippen LogP contribution in [0.15, 0.2) is 30.5 Å². The standard InChI is InChI=1S/C20H22FN5O3/c1-11-4-5-13(8-15(11)21)24-20(28)26-9-14-16(10-26)25(3)19(27)18(14)29-17-6-7-22-12(2)23-17/h4-8,14,16,18H,9-10H2,1-3H3,(H,24,28)/t14-,16+,18-/m0/s1. The zero-order chi connectivity index (χ0) is 20.7. The maximum Gasteiger partial charge on any atom is 0.321 e. The topological polar surface area (TPSA) is 87.7 Å². The minimum absolute atomic E-state index is 0.128. The summed E-state index contributed by atoms with van der Waals surface area (Å²) in [6.07, 6.45) is 0.863. The van der Waals surface area contributed by atoms with Gasteiger partial charge in [0.15, 0.2) is 6.10 Å². The van der Waals surface area contributed by atoms with Crippen LogP contribution >= 0.6 is 0 Å². The van der Waals surface area contributed by atoms with Crippen LogP contribution in [0.25, 0.3) is 0 Å². The van der Waals surface area contributed by atoms with Gasteiger partial charge >= 0.3 is 6.03 Å². The molecule has 1 N–H and O–H groups in total. The Hall–Kier alpha value is -3.23. The number of likely N-dealkylation sites (N-methyl/N-ethyl adjacent to an activating group) is 1. The molecule has 0 unspecified atom stereocenters. The lowest BCUT2D eigenvalue weighted by molar-refractivity contribution is -0.133. The third kappa shape index (κ3) is 3.59. The number of aryl methyl sites for hydroxylation is 2. The van der Waals surface area contributed by atoms with Crippen LogP contribution in [0.3, 0.4) is 0 Å². The van der Waals surface area contributed by atoms with Crippen molar-refractivity contribution in [1.29, 1.82) is 0 Å².